The van der Waals surface area contributed by atoms with Crippen LogP contribution in [0.5, 0.6) is 5.75 Å². The lowest BCUT2D eigenvalue weighted by Gasteiger charge is -2.20. The molecule has 0 atom stereocenters. The zero-order valence-corrected chi connectivity index (χ0v) is 17.0. The van der Waals surface area contributed by atoms with Gasteiger partial charge in [0.1, 0.15) is 5.75 Å². The van der Waals surface area contributed by atoms with E-state index in [2.05, 4.69) is 45.2 Å². The van der Waals surface area contributed by atoms with E-state index in [0.717, 1.165) is 30.8 Å². The van der Waals surface area contributed by atoms with Gasteiger partial charge < -0.3 is 10.1 Å². The van der Waals surface area contributed by atoms with Crippen molar-refractivity contribution in [2.24, 2.45) is 0 Å². The van der Waals surface area contributed by atoms with Crippen molar-refractivity contribution >= 4 is 28.6 Å². The molecule has 2 heterocycles. The van der Waals surface area contributed by atoms with Gasteiger partial charge in [-0.05, 0) is 40.9 Å². The number of hydrogen-bond acceptors (Lipinski definition) is 5. The third kappa shape index (κ3) is 6.20. The quantitative estimate of drug-likeness (QED) is 0.555. The van der Waals surface area contributed by atoms with Gasteiger partial charge in [0.15, 0.2) is 0 Å². The van der Waals surface area contributed by atoms with Gasteiger partial charge in [-0.1, -0.05) is 30.3 Å². The van der Waals surface area contributed by atoms with Gasteiger partial charge in [0.25, 0.3) is 0 Å². The first-order chi connectivity index (χ1) is 13.2. The Morgan fingerprint density at radius 2 is 1.67 bits per heavy atom. The molecule has 4 nitrogen and oxygen atoms in total. The first kappa shape index (κ1) is 19.6. The molecule has 6 heteroatoms. The summed E-state index contributed by atoms with van der Waals surface area (Å²) in [6.07, 6.45) is 0.756. The van der Waals surface area contributed by atoms with Crippen LogP contribution in [0.25, 0.3) is 0 Å². The maximum atomic E-state index is 12.5. The molecule has 0 fully saturated rings. The Bertz CT molecular complexity index is 780. The average Bonchev–Trinajstić information content (AvgIpc) is 3.36. The number of nitrogens with zero attached hydrogens (tertiary/aromatic N) is 1. The van der Waals surface area contributed by atoms with Gasteiger partial charge in [-0.3, -0.25) is 9.69 Å². The number of nitrogens with one attached hydrogen (secondary N) is 1. The molecule has 1 N–H and O–H groups in total. The minimum atomic E-state index is 0.0537. The van der Waals surface area contributed by atoms with Gasteiger partial charge in [0, 0.05) is 29.4 Å². The van der Waals surface area contributed by atoms with Gasteiger partial charge in [-0.15, -0.1) is 22.7 Å². The summed E-state index contributed by atoms with van der Waals surface area (Å²) in [4.78, 5) is 17.2. The van der Waals surface area contributed by atoms with Crippen molar-refractivity contribution in [1.82, 2.24) is 10.2 Å². The summed E-state index contributed by atoms with van der Waals surface area (Å²) in [6.45, 7) is 2.57. The van der Waals surface area contributed by atoms with Gasteiger partial charge in [0.2, 0.25) is 5.91 Å². The lowest BCUT2D eigenvalue weighted by Crippen LogP contribution is -2.37. The number of amides is 1. The largest absolute Gasteiger partial charge is 0.496 e. The van der Waals surface area contributed by atoms with Gasteiger partial charge in [-0.25, -0.2) is 0 Å². The predicted molar refractivity (Wildman–Crippen MR) is 112 cm³/mol. The minimum Gasteiger partial charge on any atom is -0.496 e. The summed E-state index contributed by atoms with van der Waals surface area (Å²) in [7, 11) is 1.67. The second-order valence-corrected chi connectivity index (χ2v) is 8.28. The van der Waals surface area contributed by atoms with Crippen LogP contribution in [0.15, 0.2) is 59.3 Å². The normalized spacial score (nSPS) is 10.9. The number of carbonyl (C=O) groups is 1. The maximum absolute atomic E-state index is 12.5. The fraction of sp³-hybridized carbons (Fsp3) is 0.286. The third-order valence-electron chi connectivity index (χ3n) is 4.20. The molecule has 142 valence electrons. The average molecular weight is 401 g/mol. The number of methoxy groups -OCH3 is 1. The molecule has 0 saturated heterocycles. The topological polar surface area (TPSA) is 41.6 Å². The number of carbonyl (C=O) groups excluding carboxylic acids is 1. The molecule has 0 saturated carbocycles. The fourth-order valence-corrected chi connectivity index (χ4v) is 4.41. The van der Waals surface area contributed by atoms with Crippen molar-refractivity contribution < 1.29 is 9.53 Å². The van der Waals surface area contributed by atoms with Crippen LogP contribution in [0.1, 0.15) is 15.3 Å². The van der Waals surface area contributed by atoms with Crippen LogP contribution in [0, 0.1) is 0 Å². The van der Waals surface area contributed by atoms with Gasteiger partial charge >= 0.3 is 0 Å². The van der Waals surface area contributed by atoms with Gasteiger partial charge in [0.05, 0.1) is 13.7 Å². The van der Waals surface area contributed by atoms with E-state index in [9.17, 15) is 4.79 Å². The lowest BCUT2D eigenvalue weighted by atomic mass is 10.1. The first-order valence-corrected chi connectivity index (χ1v) is 10.7. The van der Waals surface area contributed by atoms with E-state index in [1.807, 2.05) is 24.3 Å². The highest BCUT2D eigenvalue weighted by atomic mass is 32.1. The van der Waals surface area contributed by atoms with E-state index in [4.69, 9.17) is 4.74 Å². The van der Waals surface area contributed by atoms with E-state index >= 15 is 0 Å². The second-order valence-electron chi connectivity index (χ2n) is 6.22. The monoisotopic (exact) mass is 400 g/mol. The molecule has 3 rings (SSSR count). The smallest absolute Gasteiger partial charge is 0.234 e. The highest BCUT2D eigenvalue weighted by Gasteiger charge is 2.13. The molecular formula is C21H24N2O2S2. The van der Waals surface area contributed by atoms with Crippen molar-refractivity contribution in [3.8, 4) is 5.75 Å². The summed E-state index contributed by atoms with van der Waals surface area (Å²) >= 11 is 3.45. The Morgan fingerprint density at radius 3 is 2.26 bits per heavy atom. The van der Waals surface area contributed by atoms with E-state index in [1.165, 1.54) is 9.75 Å². The summed E-state index contributed by atoms with van der Waals surface area (Å²) in [5.74, 6) is 0.918. The van der Waals surface area contributed by atoms with Crippen molar-refractivity contribution in [3.63, 3.8) is 0 Å². The zero-order valence-electron chi connectivity index (χ0n) is 15.4. The molecule has 0 aliphatic rings. The number of thiophene rings is 2. The molecule has 0 aliphatic heterocycles. The Balaban J connectivity index is 1.52. The van der Waals surface area contributed by atoms with Crippen LogP contribution in [0.2, 0.25) is 0 Å². The van der Waals surface area contributed by atoms with Crippen LogP contribution in [-0.2, 0) is 24.3 Å². The van der Waals surface area contributed by atoms with E-state index in [1.54, 1.807) is 29.8 Å². The molecular weight excluding hydrogens is 376 g/mol. The number of ether oxygens (including phenoxy) is 1. The summed E-state index contributed by atoms with van der Waals surface area (Å²) in [5.41, 5.74) is 1.11. The third-order valence-corrected chi connectivity index (χ3v) is 5.92. The SMILES string of the molecule is COc1ccccc1CCNC(=O)CN(Cc1cccs1)Cc1cccs1. The maximum Gasteiger partial charge on any atom is 0.234 e. The number of benzene rings is 1. The number of para-hydroxylation sites is 1. The van der Waals surface area contributed by atoms with Crippen molar-refractivity contribution in [1.29, 1.82) is 0 Å². The molecule has 1 aromatic carbocycles. The highest BCUT2D eigenvalue weighted by Crippen LogP contribution is 2.18. The van der Waals surface area contributed by atoms with Crippen molar-refractivity contribution in [3.05, 3.63) is 74.6 Å². The van der Waals surface area contributed by atoms with Crippen LogP contribution < -0.4 is 10.1 Å². The standard InChI is InChI=1S/C21H24N2O2S2/c1-25-20-9-3-2-6-17(20)10-11-22-21(24)16-23(14-18-7-4-12-26-18)15-19-8-5-13-27-19/h2-9,12-13H,10-11,14-16H2,1H3,(H,22,24). The predicted octanol–water partition coefficient (Wildman–Crippen LogP) is 4.18. The Morgan fingerprint density at radius 1 is 1.00 bits per heavy atom. The second kappa shape index (κ2) is 10.3. The van der Waals surface area contributed by atoms with Crippen molar-refractivity contribution in [2.45, 2.75) is 19.5 Å². The van der Waals surface area contributed by atoms with Gasteiger partial charge in [-0.2, -0.15) is 0 Å². The molecule has 0 radical (unpaired) electrons. The van der Waals surface area contributed by atoms with E-state index in [0.29, 0.717) is 13.1 Å². The molecule has 1 amide bonds. The molecule has 0 aliphatic carbocycles. The van der Waals surface area contributed by atoms with Crippen LogP contribution in [0.3, 0.4) is 0 Å². The lowest BCUT2D eigenvalue weighted by molar-refractivity contribution is -0.122. The van der Waals surface area contributed by atoms with E-state index < -0.39 is 0 Å². The molecule has 27 heavy (non-hydrogen) atoms. The number of rotatable bonds is 10. The molecule has 3 aromatic rings. The van der Waals surface area contributed by atoms with Crippen LogP contribution in [-0.4, -0.2) is 31.0 Å². The van der Waals surface area contributed by atoms with Crippen LogP contribution in [0.4, 0.5) is 0 Å². The summed E-state index contributed by atoms with van der Waals surface area (Å²) < 4.78 is 5.37. The highest BCUT2D eigenvalue weighted by molar-refractivity contribution is 7.10. The molecule has 0 bridgehead atoms. The number of hydrogen-bond donors (Lipinski definition) is 1. The summed E-state index contributed by atoms with van der Waals surface area (Å²) in [5, 5.41) is 7.19. The van der Waals surface area contributed by atoms with Crippen LogP contribution >= 0.6 is 22.7 Å². The fourth-order valence-electron chi connectivity index (χ4n) is 2.92. The molecule has 0 spiro atoms. The zero-order chi connectivity index (χ0) is 18.9. The summed E-state index contributed by atoms with van der Waals surface area (Å²) in [6, 6.07) is 16.3. The first-order valence-electron chi connectivity index (χ1n) is 8.90. The Hall–Kier alpha value is -2.15. The molecule has 0 unspecified atom stereocenters. The Labute approximate surface area is 168 Å². The minimum absolute atomic E-state index is 0.0537. The van der Waals surface area contributed by atoms with Crippen molar-refractivity contribution in [2.75, 3.05) is 20.2 Å². The van der Waals surface area contributed by atoms with E-state index in [-0.39, 0.29) is 5.91 Å². The molecule has 2 aromatic heterocycles. The Kier molecular flexibility index (Phi) is 7.45.